The molecule has 0 aromatic heterocycles. The van der Waals surface area contributed by atoms with Gasteiger partial charge in [0.1, 0.15) is 18.1 Å². The van der Waals surface area contributed by atoms with Crippen LogP contribution in [0.25, 0.3) is 0 Å². The largest absolute Gasteiger partial charge is 0.492 e. The van der Waals surface area contributed by atoms with Gasteiger partial charge in [-0.25, -0.2) is 0 Å². The predicted molar refractivity (Wildman–Crippen MR) is 177 cm³/mol. The molecule has 2 unspecified atom stereocenters. The lowest BCUT2D eigenvalue weighted by Crippen LogP contribution is -2.48. The quantitative estimate of drug-likeness (QED) is 0.266. The highest BCUT2D eigenvalue weighted by molar-refractivity contribution is 5.81. The van der Waals surface area contributed by atoms with Gasteiger partial charge in [-0.05, 0) is 134 Å². The Morgan fingerprint density at radius 3 is 2.33 bits per heavy atom. The molecule has 5 aliphatic rings. The average molecular weight is 686 g/mol. The van der Waals surface area contributed by atoms with Crippen molar-refractivity contribution in [3.05, 3.63) is 59.2 Å². The average Bonchev–Trinajstić information content (AvgIpc) is 3.43. The van der Waals surface area contributed by atoms with E-state index in [1.807, 2.05) is 12.1 Å². The molecule has 1 amide bonds. The molecule has 0 bridgehead atoms. The Morgan fingerprint density at radius 1 is 0.918 bits per heavy atom. The van der Waals surface area contributed by atoms with Crippen LogP contribution in [-0.4, -0.2) is 69.1 Å². The van der Waals surface area contributed by atoms with E-state index in [9.17, 15) is 18.0 Å². The Balaban J connectivity index is 1.13. The van der Waals surface area contributed by atoms with E-state index in [4.69, 9.17) is 23.7 Å². The summed E-state index contributed by atoms with van der Waals surface area (Å²) in [5, 5.41) is 0. The third kappa shape index (κ3) is 7.33. The van der Waals surface area contributed by atoms with Crippen molar-refractivity contribution in [2.24, 2.45) is 17.3 Å². The highest BCUT2D eigenvalue weighted by Crippen LogP contribution is 2.66. The maximum absolute atomic E-state index is 12.8. The van der Waals surface area contributed by atoms with Crippen LogP contribution >= 0.6 is 0 Å². The molecule has 2 heterocycles. The van der Waals surface area contributed by atoms with Gasteiger partial charge < -0.3 is 28.6 Å². The number of hydrogen-bond donors (Lipinski definition) is 0. The number of benzene rings is 2. The molecule has 7 rings (SSSR count). The smallest absolute Gasteiger partial charge is 0.471 e. The Bertz CT molecular complexity index is 1440. The first-order valence-electron chi connectivity index (χ1n) is 18.3. The number of amides is 1. The van der Waals surface area contributed by atoms with Gasteiger partial charge in [0.2, 0.25) is 0 Å². The maximum atomic E-state index is 12.8. The Kier molecular flexibility index (Phi) is 10.2. The fourth-order valence-corrected chi connectivity index (χ4v) is 9.65. The molecular weight excluding hydrogens is 635 g/mol. The molecule has 2 saturated heterocycles. The third-order valence-electron chi connectivity index (χ3n) is 12.1. The van der Waals surface area contributed by atoms with Crippen LogP contribution in [0.15, 0.2) is 42.5 Å². The molecule has 0 spiro atoms. The zero-order valence-electron chi connectivity index (χ0n) is 28.7. The monoisotopic (exact) mass is 685 g/mol. The zero-order valence-corrected chi connectivity index (χ0v) is 28.7. The molecule has 2 saturated carbocycles. The van der Waals surface area contributed by atoms with Gasteiger partial charge in [-0.2, -0.15) is 13.2 Å². The van der Waals surface area contributed by atoms with Crippen molar-refractivity contribution in [1.29, 1.82) is 0 Å². The van der Waals surface area contributed by atoms with Crippen molar-refractivity contribution in [2.45, 2.75) is 114 Å². The number of nitrogens with zero attached hydrogens (tertiary/aromatic N) is 1. The molecule has 0 radical (unpaired) electrons. The lowest BCUT2D eigenvalue weighted by Gasteiger charge is -2.54. The standard InChI is InChI=1S/C39H50F3NO6/c1-38-24-31(25-9-12-27(13-10-25)45-22-19-43(2)37(44)39(40,41)42)36-29-16-14-28(48-34-7-3-5-20-46-34)23-26(29)11-15-30(36)32(38)17-18-33(38)49-35-8-4-6-21-47-35/h9-10,12-14,16,23,30-36H,3-8,11,15,17-22,24H2,1-2H3/t30-,31+,32-,33-,34?,35?,36+,38-/m0/s1. The summed E-state index contributed by atoms with van der Waals surface area (Å²) < 4.78 is 69.2. The van der Waals surface area contributed by atoms with Gasteiger partial charge in [-0.15, -0.1) is 0 Å². The number of carbonyl (C=O) groups excluding carboxylic acids is 1. The number of fused-ring (bicyclic) bond motifs is 5. The summed E-state index contributed by atoms with van der Waals surface area (Å²) in [6.07, 6.45) is 6.62. The predicted octanol–water partition coefficient (Wildman–Crippen LogP) is 8.15. The van der Waals surface area contributed by atoms with Crippen LogP contribution in [0.4, 0.5) is 13.2 Å². The van der Waals surface area contributed by atoms with Gasteiger partial charge in [0.25, 0.3) is 0 Å². The number of carbonyl (C=O) groups is 1. The second-order valence-electron chi connectivity index (χ2n) is 15.1. The van der Waals surface area contributed by atoms with Crippen LogP contribution in [0.5, 0.6) is 11.5 Å². The van der Waals surface area contributed by atoms with E-state index >= 15 is 0 Å². The van der Waals surface area contributed by atoms with Crippen molar-refractivity contribution in [2.75, 3.05) is 33.4 Å². The lowest BCUT2D eigenvalue weighted by atomic mass is 9.51. The van der Waals surface area contributed by atoms with E-state index in [0.717, 1.165) is 96.6 Å². The first-order valence-corrected chi connectivity index (χ1v) is 18.3. The fraction of sp³-hybridized carbons (Fsp3) is 0.667. The highest BCUT2D eigenvalue weighted by Gasteiger charge is 2.59. The van der Waals surface area contributed by atoms with E-state index in [2.05, 4.69) is 37.3 Å². The third-order valence-corrected chi connectivity index (χ3v) is 12.1. The molecule has 3 aliphatic carbocycles. The van der Waals surface area contributed by atoms with E-state index < -0.39 is 12.1 Å². The second kappa shape index (κ2) is 14.4. The molecular formula is C39H50F3NO6. The molecule has 268 valence electrons. The molecule has 49 heavy (non-hydrogen) atoms. The van der Waals surface area contributed by atoms with E-state index in [-0.39, 0.29) is 43.2 Å². The molecule has 8 atom stereocenters. The van der Waals surface area contributed by atoms with E-state index in [1.54, 1.807) is 0 Å². The van der Waals surface area contributed by atoms with Crippen LogP contribution in [0, 0.1) is 17.3 Å². The molecule has 2 aromatic rings. The van der Waals surface area contributed by atoms with Gasteiger partial charge in [-0.3, -0.25) is 4.79 Å². The van der Waals surface area contributed by atoms with Crippen molar-refractivity contribution in [1.82, 2.24) is 4.90 Å². The van der Waals surface area contributed by atoms with Gasteiger partial charge in [0, 0.05) is 20.1 Å². The van der Waals surface area contributed by atoms with Crippen LogP contribution in [0.3, 0.4) is 0 Å². The van der Waals surface area contributed by atoms with Crippen LogP contribution in [0.2, 0.25) is 0 Å². The summed E-state index contributed by atoms with van der Waals surface area (Å²) in [4.78, 5) is 12.1. The van der Waals surface area contributed by atoms with E-state index in [1.165, 1.54) is 16.7 Å². The van der Waals surface area contributed by atoms with Crippen molar-refractivity contribution < 1.29 is 41.7 Å². The molecule has 2 aliphatic heterocycles. The summed E-state index contributed by atoms with van der Waals surface area (Å²) in [6.45, 7) is 3.78. The minimum atomic E-state index is -4.90. The van der Waals surface area contributed by atoms with Gasteiger partial charge in [-0.1, -0.05) is 25.1 Å². The van der Waals surface area contributed by atoms with Crippen molar-refractivity contribution >= 4 is 5.91 Å². The van der Waals surface area contributed by atoms with E-state index in [0.29, 0.717) is 28.4 Å². The first kappa shape index (κ1) is 34.6. The normalized spacial score (nSPS) is 32.8. The number of hydrogen-bond acceptors (Lipinski definition) is 6. The number of ether oxygens (including phenoxy) is 5. The minimum absolute atomic E-state index is 0.0102. The summed E-state index contributed by atoms with van der Waals surface area (Å²) in [6, 6.07) is 14.7. The Morgan fingerprint density at radius 2 is 1.63 bits per heavy atom. The van der Waals surface area contributed by atoms with Crippen molar-refractivity contribution in [3.63, 3.8) is 0 Å². The van der Waals surface area contributed by atoms with Crippen LogP contribution in [0.1, 0.15) is 99.7 Å². The highest BCUT2D eigenvalue weighted by atomic mass is 19.4. The summed E-state index contributed by atoms with van der Waals surface area (Å²) in [5.74, 6) is 1.25. The first-order chi connectivity index (χ1) is 23.6. The molecule has 4 fully saturated rings. The second-order valence-corrected chi connectivity index (χ2v) is 15.1. The molecule has 7 nitrogen and oxygen atoms in total. The topological polar surface area (TPSA) is 66.5 Å². The minimum Gasteiger partial charge on any atom is -0.492 e. The number of aryl methyl sites for hydroxylation is 1. The molecule has 2 aromatic carbocycles. The van der Waals surface area contributed by atoms with Crippen LogP contribution in [-0.2, 0) is 25.4 Å². The Labute approximate surface area is 287 Å². The zero-order chi connectivity index (χ0) is 34.2. The number of rotatable bonds is 9. The summed E-state index contributed by atoms with van der Waals surface area (Å²) >= 11 is 0. The maximum Gasteiger partial charge on any atom is 0.471 e. The number of alkyl halides is 3. The fourth-order valence-electron chi connectivity index (χ4n) is 9.65. The number of halogens is 3. The molecule has 10 heteroatoms. The SMILES string of the molecule is CN(CCOc1ccc([C@H]2C[C@]3(C)[C@@H](OC4CCCCO4)CC[C@H]3[C@@H]3CCc4cc(OC5CCCCO5)ccc4[C@H]32)cc1)C(=O)C(F)(F)F. The van der Waals surface area contributed by atoms with Gasteiger partial charge in [0.05, 0.1) is 19.3 Å². The van der Waals surface area contributed by atoms with Crippen LogP contribution < -0.4 is 9.47 Å². The summed E-state index contributed by atoms with van der Waals surface area (Å²) in [7, 11) is 1.14. The van der Waals surface area contributed by atoms with Gasteiger partial charge >= 0.3 is 12.1 Å². The Hall–Kier alpha value is -2.82. The summed E-state index contributed by atoms with van der Waals surface area (Å²) in [5.41, 5.74) is 4.02. The molecule has 0 N–H and O–H groups in total. The van der Waals surface area contributed by atoms with Crippen molar-refractivity contribution in [3.8, 4) is 11.5 Å². The number of likely N-dealkylation sites (N-methyl/N-ethyl adjacent to an activating group) is 1. The lowest BCUT2D eigenvalue weighted by molar-refractivity contribution is -0.213. The van der Waals surface area contributed by atoms with Gasteiger partial charge in [0.15, 0.2) is 12.6 Å².